The number of carbonyl (C=O) groups is 2. The molecule has 0 saturated heterocycles. The van der Waals surface area contributed by atoms with Crippen LogP contribution >= 0.6 is 0 Å². The molecule has 0 aliphatic heterocycles. The van der Waals surface area contributed by atoms with Gasteiger partial charge >= 0.3 is 5.97 Å². The minimum Gasteiger partial charge on any atom is -0.464 e. The van der Waals surface area contributed by atoms with Crippen LogP contribution in [0.4, 0.5) is 11.4 Å². The fourth-order valence-electron chi connectivity index (χ4n) is 4.17. The number of hydrogen-bond acceptors (Lipinski definition) is 6. The zero-order valence-corrected chi connectivity index (χ0v) is 21.3. The molecule has 1 aromatic carbocycles. The lowest BCUT2D eigenvalue weighted by molar-refractivity contribution is 0.0589. The Kier molecular flexibility index (Phi) is 7.33. The summed E-state index contributed by atoms with van der Waals surface area (Å²) < 4.78 is 6.93. The van der Waals surface area contributed by atoms with Crippen molar-refractivity contribution in [2.24, 2.45) is 5.92 Å². The molecule has 1 amide bonds. The number of esters is 1. The molecule has 0 fully saturated rings. The number of pyridine rings is 2. The number of nitrogens with zero attached hydrogens (tertiary/aromatic N) is 3. The van der Waals surface area contributed by atoms with Crippen LogP contribution in [0.2, 0.25) is 0 Å². The number of anilines is 2. The Morgan fingerprint density at radius 1 is 1.11 bits per heavy atom. The van der Waals surface area contributed by atoms with E-state index in [0.29, 0.717) is 35.4 Å². The second-order valence-corrected chi connectivity index (χ2v) is 9.29. The molecule has 0 spiro atoms. The lowest BCUT2D eigenvalue weighted by atomic mass is 10.1. The molecule has 0 aliphatic carbocycles. The average Bonchev–Trinajstić information content (AvgIpc) is 3.16. The quantitative estimate of drug-likeness (QED) is 0.326. The molecule has 0 unspecified atom stereocenters. The minimum atomic E-state index is -0.542. The maximum Gasteiger partial charge on any atom is 0.356 e. The Morgan fingerprint density at radius 2 is 1.92 bits per heavy atom. The molecule has 0 bridgehead atoms. The molecular formula is C28H31N5O3. The van der Waals surface area contributed by atoms with Crippen molar-refractivity contribution in [1.82, 2.24) is 14.5 Å². The Hall–Kier alpha value is -4.20. The van der Waals surface area contributed by atoms with E-state index in [-0.39, 0.29) is 17.5 Å². The van der Waals surface area contributed by atoms with Crippen molar-refractivity contribution in [2.75, 3.05) is 17.7 Å². The molecule has 0 radical (unpaired) electrons. The zero-order valence-electron chi connectivity index (χ0n) is 21.3. The van der Waals surface area contributed by atoms with Gasteiger partial charge in [-0.25, -0.2) is 9.78 Å². The van der Waals surface area contributed by atoms with Crippen LogP contribution in [0.1, 0.15) is 51.4 Å². The molecule has 2 N–H and O–H groups in total. The average molecular weight is 486 g/mol. The van der Waals surface area contributed by atoms with Gasteiger partial charge in [0.15, 0.2) is 5.69 Å². The van der Waals surface area contributed by atoms with Crippen LogP contribution in [-0.4, -0.2) is 33.5 Å². The summed E-state index contributed by atoms with van der Waals surface area (Å²) >= 11 is 0. The summed E-state index contributed by atoms with van der Waals surface area (Å²) in [6.07, 6.45) is 4.83. The van der Waals surface area contributed by atoms with Crippen LogP contribution in [0.3, 0.4) is 0 Å². The van der Waals surface area contributed by atoms with Crippen LogP contribution in [0.25, 0.3) is 11.0 Å². The molecule has 3 aromatic heterocycles. The summed E-state index contributed by atoms with van der Waals surface area (Å²) in [6.45, 7) is 9.42. The van der Waals surface area contributed by atoms with Gasteiger partial charge in [-0.2, -0.15) is 0 Å². The Bertz CT molecular complexity index is 1410. The first-order chi connectivity index (χ1) is 17.3. The van der Waals surface area contributed by atoms with Gasteiger partial charge in [-0.15, -0.1) is 0 Å². The van der Waals surface area contributed by atoms with E-state index in [1.165, 1.54) is 30.0 Å². The van der Waals surface area contributed by atoms with Gasteiger partial charge in [-0.3, -0.25) is 9.78 Å². The third-order valence-corrected chi connectivity index (χ3v) is 5.97. The van der Waals surface area contributed by atoms with E-state index in [1.807, 2.05) is 10.6 Å². The van der Waals surface area contributed by atoms with E-state index >= 15 is 0 Å². The van der Waals surface area contributed by atoms with Crippen molar-refractivity contribution in [3.63, 3.8) is 0 Å². The largest absolute Gasteiger partial charge is 0.464 e. The number of fused-ring (bicyclic) bond motifs is 1. The normalized spacial score (nSPS) is 11.1. The van der Waals surface area contributed by atoms with Gasteiger partial charge < -0.3 is 19.9 Å². The molecule has 186 valence electrons. The summed E-state index contributed by atoms with van der Waals surface area (Å²) in [5.74, 6) is -0.680. The lowest BCUT2D eigenvalue weighted by Crippen LogP contribution is -2.18. The minimum absolute atomic E-state index is 0.231. The molecule has 4 rings (SSSR count). The van der Waals surface area contributed by atoms with E-state index in [9.17, 15) is 9.59 Å². The number of aryl methyl sites for hydroxylation is 2. The van der Waals surface area contributed by atoms with E-state index in [4.69, 9.17) is 9.72 Å². The first-order valence-electron chi connectivity index (χ1n) is 11.9. The summed E-state index contributed by atoms with van der Waals surface area (Å²) in [4.78, 5) is 34.7. The summed E-state index contributed by atoms with van der Waals surface area (Å²) in [5, 5.41) is 7.02. The number of amides is 1. The maximum atomic E-state index is 13.1. The van der Waals surface area contributed by atoms with Gasteiger partial charge in [-0.1, -0.05) is 37.6 Å². The van der Waals surface area contributed by atoms with Crippen molar-refractivity contribution < 1.29 is 14.3 Å². The van der Waals surface area contributed by atoms with Crippen molar-refractivity contribution in [3.8, 4) is 0 Å². The zero-order chi connectivity index (χ0) is 25.8. The molecule has 0 saturated carbocycles. The number of carbonyl (C=O) groups excluding carboxylic acids is 2. The SMILES string of the molecule is COC(=O)c1c(NC(=O)c2cccnc2)c2cc(NCc3cc(C)ccc3C)cnc2n1CC(C)C. The lowest BCUT2D eigenvalue weighted by Gasteiger charge is -2.12. The number of ether oxygens (including phenoxy) is 1. The number of hydrogen-bond donors (Lipinski definition) is 2. The number of nitrogens with one attached hydrogen (secondary N) is 2. The molecule has 3 heterocycles. The molecule has 36 heavy (non-hydrogen) atoms. The van der Waals surface area contributed by atoms with E-state index < -0.39 is 5.97 Å². The van der Waals surface area contributed by atoms with Gasteiger partial charge in [0, 0.05) is 30.9 Å². The first-order valence-corrected chi connectivity index (χ1v) is 11.9. The first kappa shape index (κ1) is 24.9. The standard InChI is InChI=1S/C28H31N5O3/c1-17(2)16-33-25(28(35)36-5)24(32-27(34)20-7-6-10-29-13-20)23-12-22(15-31-26(23)33)30-14-21-11-18(3)8-9-19(21)4/h6-13,15,17,30H,14,16H2,1-5H3,(H,32,34). The summed E-state index contributed by atoms with van der Waals surface area (Å²) in [5.41, 5.74) is 5.97. The van der Waals surface area contributed by atoms with Crippen LogP contribution < -0.4 is 10.6 Å². The predicted octanol–water partition coefficient (Wildman–Crippen LogP) is 5.36. The summed E-state index contributed by atoms with van der Waals surface area (Å²) in [7, 11) is 1.33. The molecule has 0 atom stereocenters. The van der Waals surface area contributed by atoms with Gasteiger partial charge in [0.1, 0.15) is 5.65 Å². The van der Waals surface area contributed by atoms with Gasteiger partial charge in [0.2, 0.25) is 0 Å². The molecule has 4 aromatic rings. The predicted molar refractivity (Wildman–Crippen MR) is 141 cm³/mol. The highest BCUT2D eigenvalue weighted by molar-refractivity contribution is 6.14. The van der Waals surface area contributed by atoms with E-state index in [1.54, 1.807) is 24.5 Å². The molecule has 0 aliphatic rings. The Balaban J connectivity index is 1.79. The van der Waals surface area contributed by atoms with Gasteiger partial charge in [0.05, 0.1) is 30.2 Å². The van der Waals surface area contributed by atoms with Crippen LogP contribution in [0, 0.1) is 19.8 Å². The third kappa shape index (κ3) is 5.22. The van der Waals surface area contributed by atoms with Crippen LogP contribution in [0.5, 0.6) is 0 Å². The topological polar surface area (TPSA) is 98.1 Å². The number of methoxy groups -OCH3 is 1. The maximum absolute atomic E-state index is 13.1. The second kappa shape index (κ2) is 10.6. The van der Waals surface area contributed by atoms with Gasteiger partial charge in [0.25, 0.3) is 5.91 Å². The fraction of sp³-hybridized carbons (Fsp3) is 0.286. The third-order valence-electron chi connectivity index (χ3n) is 5.97. The molecule has 8 nitrogen and oxygen atoms in total. The number of aromatic nitrogens is 3. The molecule has 8 heteroatoms. The fourth-order valence-corrected chi connectivity index (χ4v) is 4.17. The highest BCUT2D eigenvalue weighted by Gasteiger charge is 2.27. The van der Waals surface area contributed by atoms with Crippen LogP contribution in [0.15, 0.2) is 55.0 Å². The molecular weight excluding hydrogens is 454 g/mol. The van der Waals surface area contributed by atoms with Crippen molar-refractivity contribution in [1.29, 1.82) is 0 Å². The number of benzene rings is 1. The van der Waals surface area contributed by atoms with Crippen molar-refractivity contribution in [3.05, 3.63) is 82.9 Å². The monoisotopic (exact) mass is 485 g/mol. The van der Waals surface area contributed by atoms with E-state index in [0.717, 1.165) is 5.69 Å². The van der Waals surface area contributed by atoms with Crippen molar-refractivity contribution in [2.45, 2.75) is 40.8 Å². The van der Waals surface area contributed by atoms with Crippen LogP contribution in [-0.2, 0) is 17.8 Å². The number of rotatable bonds is 8. The Labute approximate surface area is 210 Å². The highest BCUT2D eigenvalue weighted by Crippen LogP contribution is 2.34. The summed E-state index contributed by atoms with van der Waals surface area (Å²) in [6, 6.07) is 11.6. The van der Waals surface area contributed by atoms with Gasteiger partial charge in [-0.05, 0) is 49.1 Å². The van der Waals surface area contributed by atoms with E-state index in [2.05, 4.69) is 61.5 Å². The highest BCUT2D eigenvalue weighted by atomic mass is 16.5. The van der Waals surface area contributed by atoms with Crippen molar-refractivity contribution >= 4 is 34.3 Å². The second-order valence-electron chi connectivity index (χ2n) is 9.29. The Morgan fingerprint density at radius 3 is 2.61 bits per heavy atom. The smallest absolute Gasteiger partial charge is 0.356 e.